The first-order valence-electron chi connectivity index (χ1n) is 14.0. The Labute approximate surface area is 272 Å². The lowest BCUT2D eigenvalue weighted by Crippen LogP contribution is -2.51. The summed E-state index contributed by atoms with van der Waals surface area (Å²) in [7, 11) is 0. The van der Waals surface area contributed by atoms with Gasteiger partial charge in [-0.15, -0.1) is 23.1 Å². The molecule has 230 valence electrons. The van der Waals surface area contributed by atoms with Gasteiger partial charge in [-0.2, -0.15) is 13.2 Å². The summed E-state index contributed by atoms with van der Waals surface area (Å²) >= 11 is 15.5. The molecule has 1 aliphatic rings. The third-order valence-electron chi connectivity index (χ3n) is 7.86. The molecule has 5 rings (SSSR count). The van der Waals surface area contributed by atoms with Gasteiger partial charge in [0.25, 0.3) is 5.91 Å². The fourth-order valence-electron chi connectivity index (χ4n) is 5.46. The van der Waals surface area contributed by atoms with Gasteiger partial charge in [0.1, 0.15) is 0 Å². The smallest absolute Gasteiger partial charge is 0.369 e. The molecule has 0 unspecified atom stereocenters. The summed E-state index contributed by atoms with van der Waals surface area (Å²) in [6, 6.07) is 24.1. The van der Waals surface area contributed by atoms with E-state index in [2.05, 4.69) is 0 Å². The van der Waals surface area contributed by atoms with E-state index < -0.39 is 23.9 Å². The lowest BCUT2D eigenvalue weighted by Gasteiger charge is -2.40. The number of nitrogens with zero attached hydrogens (tertiary/aromatic N) is 1. The van der Waals surface area contributed by atoms with Gasteiger partial charge in [0.05, 0.1) is 15.3 Å². The number of thioether (sulfide) groups is 1. The molecular formula is C33H29Cl2F3N2O2S2. The van der Waals surface area contributed by atoms with Crippen LogP contribution in [0.4, 0.5) is 13.2 Å². The molecule has 0 spiro atoms. The van der Waals surface area contributed by atoms with Crippen molar-refractivity contribution in [2.24, 2.45) is 5.73 Å². The zero-order valence-electron chi connectivity index (χ0n) is 23.5. The Morgan fingerprint density at radius 1 is 0.932 bits per heavy atom. The second-order valence-corrected chi connectivity index (χ2v) is 13.7. The topological polar surface area (TPSA) is 63.4 Å². The third-order valence-corrected chi connectivity index (χ3v) is 10.7. The Balaban J connectivity index is 1.40. The highest BCUT2D eigenvalue weighted by Gasteiger charge is 2.42. The standard InChI is InChI=1S/C33H29Cl2F3N2O2S2/c34-23-9-12-25(27(35)19-23)29-26(21-7-10-24(11-8-21)43-18-4-13-33(36,37)38)20-28(44-29)30(41)40-16-14-32(15-17-40,31(39)42)22-5-2-1-3-6-22/h1-3,5-12,19-20H,4,13-18H2,(H2,39,42). The first kappa shape index (κ1) is 32.4. The van der Waals surface area contributed by atoms with Gasteiger partial charge in [-0.25, -0.2) is 0 Å². The predicted octanol–water partition coefficient (Wildman–Crippen LogP) is 9.48. The zero-order valence-corrected chi connectivity index (χ0v) is 26.6. The minimum Gasteiger partial charge on any atom is -0.369 e. The van der Waals surface area contributed by atoms with Crippen molar-refractivity contribution < 1.29 is 22.8 Å². The van der Waals surface area contributed by atoms with Crippen molar-refractivity contribution in [2.75, 3.05) is 18.8 Å². The summed E-state index contributed by atoms with van der Waals surface area (Å²) in [6.07, 6.45) is -4.06. The summed E-state index contributed by atoms with van der Waals surface area (Å²) in [5.74, 6) is -0.176. The lowest BCUT2D eigenvalue weighted by molar-refractivity contribution is -0.134. The SMILES string of the molecule is NC(=O)C1(c2ccccc2)CCN(C(=O)c2cc(-c3ccc(SCCCC(F)(F)F)cc3)c(-c3ccc(Cl)cc3Cl)s2)CC1. The predicted molar refractivity (Wildman–Crippen MR) is 174 cm³/mol. The van der Waals surface area contributed by atoms with Crippen LogP contribution in [-0.2, 0) is 10.2 Å². The molecule has 0 radical (unpaired) electrons. The molecule has 2 amide bonds. The maximum atomic E-state index is 13.8. The Morgan fingerprint density at radius 3 is 2.23 bits per heavy atom. The quantitative estimate of drug-likeness (QED) is 0.142. The van der Waals surface area contributed by atoms with E-state index in [0.29, 0.717) is 46.6 Å². The van der Waals surface area contributed by atoms with Crippen LogP contribution in [0.1, 0.15) is 40.9 Å². The van der Waals surface area contributed by atoms with Crippen molar-refractivity contribution >= 4 is 58.1 Å². The summed E-state index contributed by atoms with van der Waals surface area (Å²) in [6.45, 7) is 0.752. The van der Waals surface area contributed by atoms with Crippen LogP contribution in [0.5, 0.6) is 0 Å². The molecular weight excluding hydrogens is 648 g/mol. The number of carbonyl (C=O) groups excluding carboxylic acids is 2. The molecule has 0 saturated carbocycles. The highest BCUT2D eigenvalue weighted by molar-refractivity contribution is 7.99. The number of hydrogen-bond acceptors (Lipinski definition) is 4. The maximum absolute atomic E-state index is 13.8. The molecule has 1 fully saturated rings. The highest BCUT2D eigenvalue weighted by Crippen LogP contribution is 2.44. The lowest BCUT2D eigenvalue weighted by atomic mass is 9.72. The Morgan fingerprint density at radius 2 is 1.61 bits per heavy atom. The number of hydrogen-bond donors (Lipinski definition) is 1. The van der Waals surface area contributed by atoms with E-state index in [0.717, 1.165) is 32.0 Å². The van der Waals surface area contributed by atoms with Gasteiger partial charge in [-0.1, -0.05) is 71.7 Å². The minimum atomic E-state index is -4.15. The normalized spacial score (nSPS) is 14.9. The number of halogens is 5. The van der Waals surface area contributed by atoms with E-state index >= 15 is 0 Å². The molecule has 11 heteroatoms. The second-order valence-electron chi connectivity index (χ2n) is 10.7. The van der Waals surface area contributed by atoms with Crippen LogP contribution in [0.15, 0.2) is 83.8 Å². The number of likely N-dealkylation sites (tertiary alicyclic amines) is 1. The molecule has 0 aliphatic carbocycles. The Kier molecular flexibility index (Phi) is 9.99. The highest BCUT2D eigenvalue weighted by atomic mass is 35.5. The fourth-order valence-corrected chi connectivity index (χ4v) is 8.06. The molecule has 4 aromatic rings. The zero-order chi connectivity index (χ0) is 31.5. The molecule has 0 bridgehead atoms. The average molecular weight is 678 g/mol. The molecule has 2 heterocycles. The summed E-state index contributed by atoms with van der Waals surface area (Å²) in [5, 5.41) is 0.938. The number of nitrogens with two attached hydrogens (primary N) is 1. The van der Waals surface area contributed by atoms with E-state index in [9.17, 15) is 22.8 Å². The van der Waals surface area contributed by atoms with Crippen LogP contribution < -0.4 is 5.73 Å². The first-order valence-corrected chi connectivity index (χ1v) is 16.6. The number of amides is 2. The number of carbonyl (C=O) groups is 2. The Bertz CT molecular complexity index is 1640. The molecule has 44 heavy (non-hydrogen) atoms. The van der Waals surface area contributed by atoms with Crippen molar-refractivity contribution in [3.8, 4) is 21.6 Å². The van der Waals surface area contributed by atoms with Crippen molar-refractivity contribution in [1.29, 1.82) is 0 Å². The van der Waals surface area contributed by atoms with Crippen LogP contribution in [0, 0.1) is 0 Å². The van der Waals surface area contributed by atoms with Gasteiger partial charge in [0.2, 0.25) is 5.91 Å². The number of alkyl halides is 3. The fraction of sp³-hybridized carbons (Fsp3) is 0.273. The molecule has 3 aromatic carbocycles. The monoisotopic (exact) mass is 676 g/mol. The number of benzene rings is 3. The van der Waals surface area contributed by atoms with Gasteiger partial charge in [-0.3, -0.25) is 9.59 Å². The van der Waals surface area contributed by atoms with Crippen molar-refractivity contribution in [2.45, 2.75) is 42.2 Å². The summed E-state index contributed by atoms with van der Waals surface area (Å²) < 4.78 is 37.5. The van der Waals surface area contributed by atoms with Crippen LogP contribution in [0.3, 0.4) is 0 Å². The summed E-state index contributed by atoms with van der Waals surface area (Å²) in [4.78, 5) is 30.4. The maximum Gasteiger partial charge on any atom is 0.389 e. The van der Waals surface area contributed by atoms with Crippen LogP contribution in [-0.4, -0.2) is 41.7 Å². The van der Waals surface area contributed by atoms with Crippen LogP contribution in [0.25, 0.3) is 21.6 Å². The molecule has 2 N–H and O–H groups in total. The number of rotatable bonds is 9. The van der Waals surface area contributed by atoms with Crippen LogP contribution in [0.2, 0.25) is 10.0 Å². The number of primary amides is 1. The largest absolute Gasteiger partial charge is 0.389 e. The van der Waals surface area contributed by atoms with Crippen LogP contribution >= 0.6 is 46.3 Å². The first-order chi connectivity index (χ1) is 21.0. The minimum absolute atomic E-state index is 0.0492. The van der Waals surface area contributed by atoms with E-state index in [4.69, 9.17) is 28.9 Å². The second kappa shape index (κ2) is 13.6. The number of thiophene rings is 1. The van der Waals surface area contributed by atoms with Gasteiger partial charge in [0.15, 0.2) is 0 Å². The van der Waals surface area contributed by atoms with E-state index in [1.54, 1.807) is 17.0 Å². The molecule has 1 aromatic heterocycles. The van der Waals surface area contributed by atoms with E-state index in [1.807, 2.05) is 66.7 Å². The molecule has 4 nitrogen and oxygen atoms in total. The van der Waals surface area contributed by atoms with Crippen molar-refractivity contribution in [3.63, 3.8) is 0 Å². The van der Waals surface area contributed by atoms with Gasteiger partial charge in [-0.05, 0) is 66.5 Å². The van der Waals surface area contributed by atoms with Gasteiger partial charge in [0, 0.05) is 45.4 Å². The molecule has 1 saturated heterocycles. The third kappa shape index (κ3) is 7.28. The molecule has 1 aliphatic heterocycles. The summed E-state index contributed by atoms with van der Waals surface area (Å²) in [5.41, 5.74) is 8.32. The van der Waals surface area contributed by atoms with Gasteiger partial charge < -0.3 is 10.6 Å². The Hall–Kier alpha value is -2.98. The van der Waals surface area contributed by atoms with Crippen molar-refractivity contribution in [1.82, 2.24) is 4.90 Å². The molecule has 0 atom stereocenters. The number of piperidine rings is 1. The van der Waals surface area contributed by atoms with Gasteiger partial charge >= 0.3 is 6.18 Å². The average Bonchev–Trinajstić information content (AvgIpc) is 3.44. The van der Waals surface area contributed by atoms with E-state index in [-0.39, 0.29) is 12.3 Å². The van der Waals surface area contributed by atoms with E-state index in [1.165, 1.54) is 23.1 Å². The van der Waals surface area contributed by atoms with Crippen molar-refractivity contribution in [3.05, 3.63) is 99.3 Å².